The first kappa shape index (κ1) is 27.4. The number of nitrogens with zero attached hydrogens (tertiary/aromatic N) is 1. The van der Waals surface area contributed by atoms with Gasteiger partial charge in [0.1, 0.15) is 18.3 Å². The van der Waals surface area contributed by atoms with Gasteiger partial charge < -0.3 is 20.1 Å². The van der Waals surface area contributed by atoms with E-state index >= 15 is 0 Å². The Kier molecular flexibility index (Phi) is 9.79. The molecule has 192 valence electrons. The quantitative estimate of drug-likeness (QED) is 0.303. The van der Waals surface area contributed by atoms with Crippen LogP contribution in [0.5, 0.6) is 0 Å². The lowest BCUT2D eigenvalue weighted by Crippen LogP contribution is -2.44. The number of carbonyl (C=O) groups excluding carboxylic acids is 4. The van der Waals surface area contributed by atoms with Gasteiger partial charge in [-0.1, -0.05) is 30.3 Å². The molecule has 0 spiro atoms. The number of thioether (sulfide) groups is 1. The summed E-state index contributed by atoms with van der Waals surface area (Å²) in [6.45, 7) is 2.26. The average molecular weight is 522 g/mol. The number of hydrogen-bond acceptors (Lipinski definition) is 8. The molecule has 0 radical (unpaired) electrons. The Morgan fingerprint density at radius 1 is 0.892 bits per heavy atom. The van der Waals surface area contributed by atoms with E-state index in [4.69, 9.17) is 9.47 Å². The van der Waals surface area contributed by atoms with Gasteiger partial charge >= 0.3 is 11.9 Å². The molecule has 2 atom stereocenters. The minimum atomic E-state index is -0.938. The van der Waals surface area contributed by atoms with Crippen molar-refractivity contribution < 1.29 is 28.7 Å². The SMILES string of the molecule is CSc1ccc([C@H](OC(C)=O)[C@H](COC(C)=O)NC(=O)c2ccccc2NC(=O)c2ccccn2)cc1. The summed E-state index contributed by atoms with van der Waals surface area (Å²) >= 11 is 1.55. The summed E-state index contributed by atoms with van der Waals surface area (Å²) in [6, 6.07) is 17.8. The highest BCUT2D eigenvalue weighted by molar-refractivity contribution is 7.98. The van der Waals surface area contributed by atoms with Crippen LogP contribution >= 0.6 is 11.8 Å². The minimum absolute atomic E-state index is 0.166. The molecule has 2 amide bonds. The Bertz CT molecular complexity index is 1250. The van der Waals surface area contributed by atoms with Crippen molar-refractivity contribution in [2.45, 2.75) is 30.9 Å². The third kappa shape index (κ3) is 7.91. The monoisotopic (exact) mass is 521 g/mol. The fourth-order valence-corrected chi connectivity index (χ4v) is 3.89. The van der Waals surface area contributed by atoms with Crippen LogP contribution < -0.4 is 10.6 Å². The van der Waals surface area contributed by atoms with E-state index in [9.17, 15) is 19.2 Å². The number of para-hydroxylation sites is 1. The number of hydrogen-bond donors (Lipinski definition) is 2. The molecule has 0 unspecified atom stereocenters. The molecule has 2 aromatic carbocycles. The number of amides is 2. The van der Waals surface area contributed by atoms with Gasteiger partial charge in [-0.25, -0.2) is 0 Å². The van der Waals surface area contributed by atoms with Crippen LogP contribution in [0.1, 0.15) is 46.4 Å². The second-order valence-corrected chi connectivity index (χ2v) is 8.78. The Morgan fingerprint density at radius 2 is 1.59 bits per heavy atom. The van der Waals surface area contributed by atoms with E-state index in [0.717, 1.165) is 4.90 Å². The molecule has 3 aromatic rings. The van der Waals surface area contributed by atoms with Crippen LogP contribution in [0.3, 0.4) is 0 Å². The maximum absolute atomic E-state index is 13.4. The van der Waals surface area contributed by atoms with E-state index in [-0.39, 0.29) is 23.6 Å². The van der Waals surface area contributed by atoms with E-state index < -0.39 is 35.9 Å². The number of rotatable bonds is 10. The Balaban J connectivity index is 1.89. The largest absolute Gasteiger partial charge is 0.464 e. The second-order valence-electron chi connectivity index (χ2n) is 7.90. The van der Waals surface area contributed by atoms with Crippen LogP contribution in [0.25, 0.3) is 0 Å². The van der Waals surface area contributed by atoms with E-state index in [0.29, 0.717) is 5.56 Å². The molecule has 9 nitrogen and oxygen atoms in total. The van der Waals surface area contributed by atoms with Crippen LogP contribution in [0.4, 0.5) is 5.69 Å². The van der Waals surface area contributed by atoms with Gasteiger partial charge in [-0.15, -0.1) is 11.8 Å². The van der Waals surface area contributed by atoms with Crippen molar-refractivity contribution in [1.82, 2.24) is 10.3 Å². The van der Waals surface area contributed by atoms with Gasteiger partial charge in [0.15, 0.2) is 6.10 Å². The van der Waals surface area contributed by atoms with E-state index in [2.05, 4.69) is 15.6 Å². The maximum Gasteiger partial charge on any atom is 0.303 e. The van der Waals surface area contributed by atoms with E-state index in [1.165, 1.54) is 20.0 Å². The van der Waals surface area contributed by atoms with Crippen molar-refractivity contribution in [2.24, 2.45) is 0 Å². The zero-order valence-corrected chi connectivity index (χ0v) is 21.4. The number of pyridine rings is 1. The predicted molar refractivity (Wildman–Crippen MR) is 139 cm³/mol. The molecule has 0 fully saturated rings. The van der Waals surface area contributed by atoms with Gasteiger partial charge in [0.2, 0.25) is 0 Å². The van der Waals surface area contributed by atoms with E-state index in [1.807, 2.05) is 18.4 Å². The van der Waals surface area contributed by atoms with Crippen molar-refractivity contribution >= 4 is 41.2 Å². The molecule has 3 rings (SSSR count). The maximum atomic E-state index is 13.4. The number of carbonyl (C=O) groups is 4. The van der Waals surface area contributed by atoms with Crippen molar-refractivity contribution in [1.29, 1.82) is 0 Å². The summed E-state index contributed by atoms with van der Waals surface area (Å²) in [7, 11) is 0. The molecular weight excluding hydrogens is 494 g/mol. The first-order valence-electron chi connectivity index (χ1n) is 11.3. The first-order valence-corrected chi connectivity index (χ1v) is 12.6. The smallest absolute Gasteiger partial charge is 0.303 e. The van der Waals surface area contributed by atoms with Gasteiger partial charge in [0, 0.05) is 24.9 Å². The summed E-state index contributed by atoms with van der Waals surface area (Å²) in [5.74, 6) is -2.17. The second kappa shape index (κ2) is 13.2. The summed E-state index contributed by atoms with van der Waals surface area (Å²) in [5.41, 5.74) is 1.23. The molecule has 1 heterocycles. The predicted octanol–water partition coefficient (Wildman–Crippen LogP) is 4.02. The number of esters is 2. The van der Waals surface area contributed by atoms with Crippen LogP contribution in [0.2, 0.25) is 0 Å². The molecule has 10 heteroatoms. The molecule has 0 saturated heterocycles. The van der Waals surface area contributed by atoms with Gasteiger partial charge in [0.25, 0.3) is 11.8 Å². The zero-order valence-electron chi connectivity index (χ0n) is 20.6. The summed E-state index contributed by atoms with van der Waals surface area (Å²) < 4.78 is 10.8. The van der Waals surface area contributed by atoms with Crippen LogP contribution in [-0.4, -0.2) is 47.6 Å². The fourth-order valence-electron chi connectivity index (χ4n) is 3.49. The van der Waals surface area contributed by atoms with Crippen LogP contribution in [-0.2, 0) is 19.1 Å². The molecule has 1 aromatic heterocycles. The molecule has 0 bridgehead atoms. The first-order chi connectivity index (χ1) is 17.8. The summed E-state index contributed by atoms with van der Waals surface area (Å²) in [6.07, 6.45) is 2.49. The highest BCUT2D eigenvalue weighted by Crippen LogP contribution is 2.26. The number of ether oxygens (including phenoxy) is 2. The van der Waals surface area contributed by atoms with Gasteiger partial charge in [0.05, 0.1) is 11.3 Å². The molecule has 0 aliphatic heterocycles. The topological polar surface area (TPSA) is 124 Å². The van der Waals surface area contributed by atoms with Gasteiger partial charge in [-0.3, -0.25) is 24.2 Å². The number of benzene rings is 2. The number of anilines is 1. The van der Waals surface area contributed by atoms with Crippen molar-refractivity contribution in [3.63, 3.8) is 0 Å². The number of aromatic nitrogens is 1. The lowest BCUT2D eigenvalue weighted by atomic mass is 10.0. The van der Waals surface area contributed by atoms with Gasteiger partial charge in [-0.2, -0.15) is 0 Å². The molecule has 2 N–H and O–H groups in total. The average Bonchev–Trinajstić information content (AvgIpc) is 2.90. The summed E-state index contributed by atoms with van der Waals surface area (Å²) in [4.78, 5) is 54.6. The normalized spacial score (nSPS) is 12.1. The molecule has 0 saturated carbocycles. The van der Waals surface area contributed by atoms with Crippen molar-refractivity contribution in [3.05, 3.63) is 89.7 Å². The minimum Gasteiger partial charge on any atom is -0.464 e. The zero-order chi connectivity index (χ0) is 26.8. The van der Waals surface area contributed by atoms with Crippen molar-refractivity contribution in [3.8, 4) is 0 Å². The lowest BCUT2D eigenvalue weighted by molar-refractivity contribution is -0.151. The van der Waals surface area contributed by atoms with Crippen LogP contribution in [0.15, 0.2) is 77.8 Å². The third-order valence-electron chi connectivity index (χ3n) is 5.20. The molecule has 37 heavy (non-hydrogen) atoms. The van der Waals surface area contributed by atoms with Crippen LogP contribution in [0, 0.1) is 0 Å². The fraction of sp³-hybridized carbons (Fsp3) is 0.222. The van der Waals surface area contributed by atoms with Gasteiger partial charge in [-0.05, 0) is 48.2 Å². The molecular formula is C27H27N3O6S. The van der Waals surface area contributed by atoms with Crippen molar-refractivity contribution in [2.75, 3.05) is 18.2 Å². The molecule has 0 aliphatic rings. The highest BCUT2D eigenvalue weighted by atomic mass is 32.2. The third-order valence-corrected chi connectivity index (χ3v) is 5.95. The number of nitrogens with one attached hydrogen (secondary N) is 2. The summed E-state index contributed by atoms with van der Waals surface area (Å²) in [5, 5.41) is 5.51. The molecule has 0 aliphatic carbocycles. The lowest BCUT2D eigenvalue weighted by Gasteiger charge is -2.28. The van der Waals surface area contributed by atoms with E-state index in [1.54, 1.807) is 66.4 Å². The Morgan fingerprint density at radius 3 is 2.22 bits per heavy atom. The Labute approximate surface area is 219 Å². The highest BCUT2D eigenvalue weighted by Gasteiger charge is 2.30. The Hall–Kier alpha value is -4.18. The standard InChI is InChI=1S/C27H27N3O6S/c1-17(31)35-16-24(25(36-18(2)32)19-11-13-20(37-3)14-12-19)30-26(33)21-8-4-5-9-22(21)29-27(34)23-10-6-7-15-28-23/h4-15,24-25H,16H2,1-3H3,(H,29,34)(H,30,33)/t24-,25-/m0/s1.